The van der Waals surface area contributed by atoms with E-state index in [1.54, 1.807) is 0 Å². The molecule has 0 bridgehead atoms. The second kappa shape index (κ2) is 14.4. The zero-order chi connectivity index (χ0) is 25.0. The minimum Gasteiger partial charge on any atom is -0.317 e. The van der Waals surface area contributed by atoms with Crippen molar-refractivity contribution in [3.05, 3.63) is 53.9 Å². The third-order valence-electron chi connectivity index (χ3n) is 6.65. The third kappa shape index (κ3) is 10.6. The molecule has 0 saturated heterocycles. The highest BCUT2D eigenvalue weighted by atomic mass is 79.9. The molecular weight excluding hydrogens is 480 g/mol. The number of hydrogen-bond donors (Lipinski definition) is 1. The summed E-state index contributed by atoms with van der Waals surface area (Å²) in [5.41, 5.74) is 5.76. The molecule has 0 aliphatic heterocycles. The SMILES string of the molecule is CC(C)(C)c1cc(-c2cc[n+](CCCCCCNCCCCCCBr)cc2)cc(C(C)(C)C)c1. The van der Waals surface area contributed by atoms with Crippen molar-refractivity contribution in [3.8, 4) is 11.1 Å². The molecule has 0 atom stereocenters. The lowest BCUT2D eigenvalue weighted by molar-refractivity contribution is -0.697. The maximum atomic E-state index is 3.60. The van der Waals surface area contributed by atoms with Gasteiger partial charge in [-0.05, 0) is 71.9 Å². The number of nitrogens with one attached hydrogen (secondary N) is 1. The number of nitrogens with zero attached hydrogens (tertiary/aromatic N) is 1. The predicted octanol–water partition coefficient (Wildman–Crippen LogP) is 8.34. The van der Waals surface area contributed by atoms with Crippen LogP contribution in [0.1, 0.15) is 104 Å². The summed E-state index contributed by atoms with van der Waals surface area (Å²) in [6.07, 6.45) is 15.0. The van der Waals surface area contributed by atoms with Crippen molar-refractivity contribution >= 4 is 15.9 Å². The normalized spacial score (nSPS) is 12.3. The molecule has 1 N–H and O–H groups in total. The van der Waals surface area contributed by atoms with Crippen molar-refractivity contribution in [3.63, 3.8) is 0 Å². The largest absolute Gasteiger partial charge is 0.317 e. The summed E-state index contributed by atoms with van der Waals surface area (Å²) in [7, 11) is 0. The van der Waals surface area contributed by atoms with E-state index in [-0.39, 0.29) is 10.8 Å². The van der Waals surface area contributed by atoms with Gasteiger partial charge in [-0.3, -0.25) is 0 Å². The average Bonchev–Trinajstić information content (AvgIpc) is 2.79. The number of halogens is 1. The van der Waals surface area contributed by atoms with Gasteiger partial charge in [0.2, 0.25) is 0 Å². The molecule has 1 aromatic heterocycles. The molecule has 2 nitrogen and oxygen atoms in total. The van der Waals surface area contributed by atoms with Crippen LogP contribution < -0.4 is 9.88 Å². The molecule has 0 aliphatic carbocycles. The number of aromatic nitrogens is 1. The van der Waals surface area contributed by atoms with E-state index in [0.717, 1.165) is 11.9 Å². The zero-order valence-corrected chi connectivity index (χ0v) is 24.4. The summed E-state index contributed by atoms with van der Waals surface area (Å²) in [5, 5.41) is 4.75. The van der Waals surface area contributed by atoms with Crippen molar-refractivity contribution in [2.45, 2.75) is 110 Å². The van der Waals surface area contributed by atoms with Crippen molar-refractivity contribution in [2.24, 2.45) is 0 Å². The Balaban J connectivity index is 1.78. The summed E-state index contributed by atoms with van der Waals surface area (Å²) >= 11 is 3.50. The number of pyridine rings is 1. The van der Waals surface area contributed by atoms with E-state index < -0.39 is 0 Å². The first-order valence-corrected chi connectivity index (χ1v) is 14.7. The van der Waals surface area contributed by atoms with Gasteiger partial charge in [-0.15, -0.1) is 0 Å². The van der Waals surface area contributed by atoms with Crippen LogP contribution >= 0.6 is 15.9 Å². The van der Waals surface area contributed by atoms with E-state index in [1.165, 1.54) is 86.7 Å². The smallest absolute Gasteiger partial charge is 0.169 e. The number of unbranched alkanes of at least 4 members (excludes halogenated alkanes) is 6. The van der Waals surface area contributed by atoms with E-state index in [2.05, 4.69) is 110 Å². The number of aryl methyl sites for hydroxylation is 1. The first-order valence-electron chi connectivity index (χ1n) is 13.5. The third-order valence-corrected chi connectivity index (χ3v) is 7.21. The molecule has 190 valence electrons. The van der Waals surface area contributed by atoms with E-state index in [9.17, 15) is 0 Å². The second-order valence-electron chi connectivity index (χ2n) is 11.9. The summed E-state index contributed by atoms with van der Waals surface area (Å²) < 4.78 is 2.34. The molecule has 1 aromatic carbocycles. The fourth-order valence-electron chi connectivity index (χ4n) is 4.18. The Morgan fingerprint density at radius 1 is 0.647 bits per heavy atom. The lowest BCUT2D eigenvalue weighted by Gasteiger charge is -2.26. The molecule has 1 heterocycles. The van der Waals surface area contributed by atoms with Crippen LogP contribution in [0.3, 0.4) is 0 Å². The maximum Gasteiger partial charge on any atom is 0.169 e. The van der Waals surface area contributed by atoms with Crippen molar-refractivity contribution in [1.82, 2.24) is 5.32 Å². The molecular formula is C31H50BrN2+. The topological polar surface area (TPSA) is 15.9 Å². The van der Waals surface area contributed by atoms with Gasteiger partial charge >= 0.3 is 0 Å². The molecule has 2 rings (SSSR count). The average molecular weight is 531 g/mol. The van der Waals surface area contributed by atoms with Gasteiger partial charge in [0.15, 0.2) is 12.4 Å². The van der Waals surface area contributed by atoms with Crippen LogP contribution in [0.15, 0.2) is 42.7 Å². The number of hydrogen-bond acceptors (Lipinski definition) is 1. The highest BCUT2D eigenvalue weighted by Crippen LogP contribution is 2.33. The highest BCUT2D eigenvalue weighted by Gasteiger charge is 2.21. The number of rotatable bonds is 14. The maximum absolute atomic E-state index is 3.60. The van der Waals surface area contributed by atoms with Crippen LogP contribution in [0.4, 0.5) is 0 Å². The van der Waals surface area contributed by atoms with E-state index in [4.69, 9.17) is 0 Å². The van der Waals surface area contributed by atoms with Crippen LogP contribution in [0.2, 0.25) is 0 Å². The molecule has 0 saturated carbocycles. The molecule has 0 unspecified atom stereocenters. The second-order valence-corrected chi connectivity index (χ2v) is 12.7. The van der Waals surface area contributed by atoms with Crippen molar-refractivity contribution < 1.29 is 4.57 Å². The highest BCUT2D eigenvalue weighted by molar-refractivity contribution is 9.09. The van der Waals surface area contributed by atoms with Gasteiger partial charge in [-0.2, -0.15) is 0 Å². The number of benzene rings is 1. The summed E-state index contributed by atoms with van der Waals surface area (Å²) in [6.45, 7) is 17.3. The van der Waals surface area contributed by atoms with Crippen LogP contribution in [0.5, 0.6) is 0 Å². The van der Waals surface area contributed by atoms with E-state index in [1.807, 2.05) is 0 Å². The summed E-state index contributed by atoms with van der Waals surface area (Å²) in [4.78, 5) is 0. The lowest BCUT2D eigenvalue weighted by atomic mass is 9.79. The molecule has 2 aromatic rings. The van der Waals surface area contributed by atoms with Crippen molar-refractivity contribution in [1.29, 1.82) is 0 Å². The Kier molecular flexibility index (Phi) is 12.3. The lowest BCUT2D eigenvalue weighted by Crippen LogP contribution is -2.32. The zero-order valence-electron chi connectivity index (χ0n) is 22.9. The van der Waals surface area contributed by atoms with Gasteiger partial charge in [0.1, 0.15) is 6.54 Å². The van der Waals surface area contributed by atoms with Crippen LogP contribution in [-0.4, -0.2) is 18.4 Å². The van der Waals surface area contributed by atoms with E-state index in [0.29, 0.717) is 0 Å². The Labute approximate surface area is 219 Å². The van der Waals surface area contributed by atoms with Gasteiger partial charge in [0.05, 0.1) is 0 Å². The monoisotopic (exact) mass is 529 g/mol. The summed E-state index contributed by atoms with van der Waals surface area (Å²) in [5.74, 6) is 0. The van der Waals surface area contributed by atoms with Gasteiger partial charge in [-0.1, -0.05) is 94.9 Å². The first kappa shape index (κ1) is 29.0. The Bertz CT molecular complexity index is 796. The standard InChI is InChI=1S/C31H50BrN2/c1-30(2,3)28-23-27(24-29(25-28)31(4,5)6)26-15-21-34(22-16-26)20-14-10-9-13-19-33-18-12-8-7-11-17-32/h15-16,21-25,33H,7-14,17-20H2,1-6H3/q+1. The van der Waals surface area contributed by atoms with Crippen molar-refractivity contribution in [2.75, 3.05) is 18.4 Å². The first-order chi connectivity index (χ1) is 16.1. The Morgan fingerprint density at radius 2 is 1.15 bits per heavy atom. The molecule has 0 amide bonds. The number of alkyl halides is 1. The minimum atomic E-state index is 0.146. The van der Waals surface area contributed by atoms with Crippen LogP contribution in [-0.2, 0) is 17.4 Å². The predicted molar refractivity (Wildman–Crippen MR) is 153 cm³/mol. The fraction of sp³-hybridized carbons (Fsp3) is 0.645. The van der Waals surface area contributed by atoms with Gasteiger partial charge in [0.25, 0.3) is 0 Å². The molecule has 34 heavy (non-hydrogen) atoms. The molecule has 0 spiro atoms. The van der Waals surface area contributed by atoms with Gasteiger partial charge in [-0.25, -0.2) is 4.57 Å². The quantitative estimate of drug-likeness (QED) is 0.147. The van der Waals surface area contributed by atoms with Crippen LogP contribution in [0.25, 0.3) is 11.1 Å². The Morgan fingerprint density at radius 3 is 1.65 bits per heavy atom. The van der Waals surface area contributed by atoms with Gasteiger partial charge < -0.3 is 5.32 Å². The van der Waals surface area contributed by atoms with Gasteiger partial charge in [0, 0.05) is 23.9 Å². The van der Waals surface area contributed by atoms with E-state index >= 15 is 0 Å². The molecule has 0 fully saturated rings. The molecule has 0 aliphatic rings. The molecule has 3 heteroatoms. The fourth-order valence-corrected chi connectivity index (χ4v) is 4.58. The van der Waals surface area contributed by atoms with Crippen LogP contribution in [0, 0.1) is 0 Å². The molecule has 0 radical (unpaired) electrons. The Hall–Kier alpha value is -1.19. The summed E-state index contributed by atoms with van der Waals surface area (Å²) in [6, 6.07) is 11.7. The minimum absolute atomic E-state index is 0.146.